The van der Waals surface area contributed by atoms with Gasteiger partial charge in [-0.3, -0.25) is 4.79 Å². The Balaban J connectivity index is 1.76. The molecule has 5 nitrogen and oxygen atoms in total. The van der Waals surface area contributed by atoms with E-state index in [2.05, 4.69) is 17.3 Å². The zero-order chi connectivity index (χ0) is 15.2. The van der Waals surface area contributed by atoms with Gasteiger partial charge >= 0.3 is 0 Å². The summed E-state index contributed by atoms with van der Waals surface area (Å²) in [6.07, 6.45) is 2.14. The summed E-state index contributed by atoms with van der Waals surface area (Å²) in [5.74, 6) is 0.541. The molecule has 1 aromatic rings. The van der Waals surface area contributed by atoms with Crippen LogP contribution in [-0.4, -0.2) is 48.6 Å². The molecule has 1 aliphatic rings. The van der Waals surface area contributed by atoms with Crippen LogP contribution < -0.4 is 15.8 Å². The van der Waals surface area contributed by atoms with Crippen LogP contribution in [0, 0.1) is 0 Å². The van der Waals surface area contributed by atoms with Gasteiger partial charge in [-0.05, 0) is 50.7 Å². The first kappa shape index (κ1) is 15.7. The molecule has 1 fully saturated rings. The molecule has 21 heavy (non-hydrogen) atoms. The smallest absolute Gasteiger partial charge is 0.258 e. The van der Waals surface area contributed by atoms with Gasteiger partial charge in [-0.15, -0.1) is 0 Å². The molecule has 114 valence electrons. The average Bonchev–Trinajstić information content (AvgIpc) is 2.45. The van der Waals surface area contributed by atoms with Crippen molar-refractivity contribution < 1.29 is 9.53 Å². The minimum atomic E-state index is -0.0891. The number of ether oxygens (including phenoxy) is 1. The quantitative estimate of drug-likeness (QED) is 0.792. The van der Waals surface area contributed by atoms with Gasteiger partial charge in [-0.25, -0.2) is 0 Å². The minimum absolute atomic E-state index is 0.0205. The van der Waals surface area contributed by atoms with E-state index in [0.29, 0.717) is 10.7 Å². The molecule has 0 saturated carbocycles. The molecule has 1 atom stereocenters. The van der Waals surface area contributed by atoms with Crippen molar-refractivity contribution in [3.8, 4) is 5.75 Å². The van der Waals surface area contributed by atoms with E-state index in [1.807, 2.05) is 0 Å². The van der Waals surface area contributed by atoms with E-state index >= 15 is 0 Å². The molecule has 2 rings (SSSR count). The Hall–Kier alpha value is -1.66. The van der Waals surface area contributed by atoms with Crippen molar-refractivity contribution in [1.29, 1.82) is 0 Å². The number of thiocarbonyl (C=S) groups is 1. The fourth-order valence-electron chi connectivity index (χ4n) is 2.42. The van der Waals surface area contributed by atoms with Gasteiger partial charge in [0.15, 0.2) is 6.61 Å². The Bertz CT molecular complexity index is 504. The van der Waals surface area contributed by atoms with Gasteiger partial charge in [0.2, 0.25) is 0 Å². The Morgan fingerprint density at radius 3 is 2.81 bits per heavy atom. The number of benzene rings is 1. The molecular formula is C15H21N3O2S. The van der Waals surface area contributed by atoms with Crippen LogP contribution in [-0.2, 0) is 4.79 Å². The summed E-state index contributed by atoms with van der Waals surface area (Å²) in [5, 5.41) is 3.00. The number of hydrogen-bond donors (Lipinski definition) is 2. The van der Waals surface area contributed by atoms with Gasteiger partial charge < -0.3 is 20.7 Å². The van der Waals surface area contributed by atoms with Gasteiger partial charge in [0.25, 0.3) is 5.91 Å². The zero-order valence-electron chi connectivity index (χ0n) is 12.2. The number of likely N-dealkylation sites (N-methyl/N-ethyl adjacent to an activating group) is 1. The average molecular weight is 307 g/mol. The first-order valence-electron chi connectivity index (χ1n) is 7.05. The lowest BCUT2D eigenvalue weighted by Crippen LogP contribution is -2.47. The molecule has 1 amide bonds. The van der Waals surface area contributed by atoms with E-state index in [1.165, 1.54) is 0 Å². The molecular weight excluding hydrogens is 286 g/mol. The van der Waals surface area contributed by atoms with Crippen molar-refractivity contribution in [3.63, 3.8) is 0 Å². The number of rotatable bonds is 5. The molecule has 6 heteroatoms. The molecule has 1 heterocycles. The fraction of sp³-hybridized carbons (Fsp3) is 0.467. The highest BCUT2D eigenvalue weighted by Crippen LogP contribution is 2.12. The second-order valence-corrected chi connectivity index (χ2v) is 5.79. The van der Waals surface area contributed by atoms with E-state index in [4.69, 9.17) is 22.7 Å². The van der Waals surface area contributed by atoms with Crippen LogP contribution in [0.3, 0.4) is 0 Å². The number of carbonyl (C=O) groups excluding carboxylic acids is 1. The molecule has 0 radical (unpaired) electrons. The maximum Gasteiger partial charge on any atom is 0.258 e. The number of nitrogens with one attached hydrogen (secondary N) is 1. The standard InChI is InChI=1S/C15H21N3O2S/c1-18-8-2-3-12(9-18)17-14(19)10-20-13-6-4-11(5-7-13)15(16)21/h4-7,12H,2-3,8-10H2,1H3,(H2,16,21)(H,17,19). The second kappa shape index (κ2) is 7.38. The van der Waals surface area contributed by atoms with Crippen molar-refractivity contribution in [1.82, 2.24) is 10.2 Å². The maximum atomic E-state index is 11.9. The number of carbonyl (C=O) groups is 1. The van der Waals surface area contributed by atoms with E-state index in [9.17, 15) is 4.79 Å². The van der Waals surface area contributed by atoms with Crippen molar-refractivity contribution in [2.45, 2.75) is 18.9 Å². The van der Waals surface area contributed by atoms with Crippen LogP contribution in [0.1, 0.15) is 18.4 Å². The Kier molecular flexibility index (Phi) is 5.52. The number of nitrogens with zero attached hydrogens (tertiary/aromatic N) is 1. The highest BCUT2D eigenvalue weighted by Gasteiger charge is 2.18. The third-order valence-corrected chi connectivity index (χ3v) is 3.73. The van der Waals surface area contributed by atoms with Gasteiger partial charge in [0, 0.05) is 18.2 Å². The lowest BCUT2D eigenvalue weighted by molar-refractivity contribution is -0.124. The molecule has 3 N–H and O–H groups in total. The van der Waals surface area contributed by atoms with Gasteiger partial charge in [-0.2, -0.15) is 0 Å². The fourth-order valence-corrected chi connectivity index (χ4v) is 2.55. The predicted octanol–water partition coefficient (Wildman–Crippen LogP) is 0.910. The largest absolute Gasteiger partial charge is 0.484 e. The molecule has 1 saturated heterocycles. The second-order valence-electron chi connectivity index (χ2n) is 5.35. The minimum Gasteiger partial charge on any atom is -0.484 e. The van der Waals surface area contributed by atoms with E-state index in [1.54, 1.807) is 24.3 Å². The number of piperidine rings is 1. The first-order valence-corrected chi connectivity index (χ1v) is 7.46. The number of amides is 1. The Morgan fingerprint density at radius 2 is 2.19 bits per heavy atom. The van der Waals surface area contributed by atoms with E-state index in [-0.39, 0.29) is 18.6 Å². The van der Waals surface area contributed by atoms with Crippen molar-refractivity contribution >= 4 is 23.1 Å². The number of likely N-dealkylation sites (tertiary alicyclic amines) is 1. The highest BCUT2D eigenvalue weighted by atomic mass is 32.1. The van der Waals surface area contributed by atoms with Crippen LogP contribution in [0.15, 0.2) is 24.3 Å². The third-order valence-electron chi connectivity index (χ3n) is 3.50. The molecule has 0 bridgehead atoms. The van der Waals surface area contributed by atoms with Crippen LogP contribution in [0.25, 0.3) is 0 Å². The molecule has 1 unspecified atom stereocenters. The molecule has 1 aromatic carbocycles. The zero-order valence-corrected chi connectivity index (χ0v) is 13.0. The monoisotopic (exact) mass is 307 g/mol. The van der Waals surface area contributed by atoms with Crippen molar-refractivity contribution in [2.75, 3.05) is 26.7 Å². The Morgan fingerprint density at radius 1 is 1.48 bits per heavy atom. The van der Waals surface area contributed by atoms with E-state index in [0.717, 1.165) is 31.5 Å². The third kappa shape index (κ3) is 4.99. The summed E-state index contributed by atoms with van der Waals surface area (Å²) in [6.45, 7) is 2.01. The molecule has 0 aromatic heterocycles. The van der Waals surface area contributed by atoms with Gasteiger partial charge in [0.05, 0.1) is 0 Å². The Labute approximate surface area is 130 Å². The van der Waals surface area contributed by atoms with Crippen LogP contribution in [0.4, 0.5) is 0 Å². The highest BCUT2D eigenvalue weighted by molar-refractivity contribution is 7.80. The van der Waals surface area contributed by atoms with Crippen molar-refractivity contribution in [2.24, 2.45) is 5.73 Å². The normalized spacial score (nSPS) is 19.0. The van der Waals surface area contributed by atoms with Gasteiger partial charge in [0.1, 0.15) is 10.7 Å². The molecule has 0 spiro atoms. The summed E-state index contributed by atoms with van der Waals surface area (Å²) >= 11 is 4.88. The summed E-state index contributed by atoms with van der Waals surface area (Å²) in [6, 6.07) is 7.31. The van der Waals surface area contributed by atoms with Gasteiger partial charge in [-0.1, -0.05) is 12.2 Å². The number of nitrogens with two attached hydrogens (primary N) is 1. The summed E-state index contributed by atoms with van der Waals surface area (Å²) in [7, 11) is 2.07. The molecule has 1 aliphatic heterocycles. The molecule has 0 aliphatic carbocycles. The lowest BCUT2D eigenvalue weighted by atomic mass is 10.1. The van der Waals surface area contributed by atoms with Crippen LogP contribution in [0.2, 0.25) is 0 Å². The van der Waals surface area contributed by atoms with Crippen molar-refractivity contribution in [3.05, 3.63) is 29.8 Å². The van der Waals surface area contributed by atoms with E-state index < -0.39 is 0 Å². The maximum absolute atomic E-state index is 11.9. The van der Waals surface area contributed by atoms with Crippen LogP contribution in [0.5, 0.6) is 5.75 Å². The first-order chi connectivity index (χ1) is 10.0. The SMILES string of the molecule is CN1CCCC(NC(=O)COc2ccc(C(N)=S)cc2)C1. The summed E-state index contributed by atoms with van der Waals surface area (Å²) < 4.78 is 5.46. The lowest BCUT2D eigenvalue weighted by Gasteiger charge is -2.30. The summed E-state index contributed by atoms with van der Waals surface area (Å²) in [4.78, 5) is 14.4. The number of hydrogen-bond acceptors (Lipinski definition) is 4. The summed E-state index contributed by atoms with van der Waals surface area (Å²) in [5.41, 5.74) is 6.31. The topological polar surface area (TPSA) is 67.6 Å². The predicted molar refractivity (Wildman–Crippen MR) is 86.5 cm³/mol. The van der Waals surface area contributed by atoms with Crippen LogP contribution >= 0.6 is 12.2 Å².